The van der Waals surface area contributed by atoms with E-state index in [2.05, 4.69) is 48.5 Å². The Bertz CT molecular complexity index is 1260. The lowest BCUT2D eigenvalue weighted by molar-refractivity contribution is 1.56. The van der Waals surface area contributed by atoms with Gasteiger partial charge in [0.2, 0.25) is 0 Å². The maximum absolute atomic E-state index is 6.88. The van der Waals surface area contributed by atoms with Gasteiger partial charge in [-0.2, -0.15) is 0 Å². The van der Waals surface area contributed by atoms with E-state index in [4.69, 9.17) is 23.2 Å². The summed E-state index contributed by atoms with van der Waals surface area (Å²) in [4.78, 5) is 0. The Morgan fingerprint density at radius 1 is 0.312 bits per heavy atom. The maximum Gasteiger partial charge on any atom is 0.0491 e. The van der Waals surface area contributed by atoms with Crippen molar-refractivity contribution in [3.8, 4) is 44.5 Å². The van der Waals surface area contributed by atoms with Gasteiger partial charge < -0.3 is 0 Å². The zero-order valence-electron chi connectivity index (χ0n) is 17.3. The predicted molar refractivity (Wildman–Crippen MR) is 138 cm³/mol. The average molecular weight is 451 g/mol. The summed E-state index contributed by atoms with van der Waals surface area (Å²) in [5, 5.41) is 1.35. The van der Waals surface area contributed by atoms with Gasteiger partial charge in [0, 0.05) is 21.2 Å². The SMILES string of the molecule is Clc1cc(-c2ccccc2-c2ccccc2)c(Cl)cc1-c1ccccc1-c1ccccc1. The molecule has 5 aromatic rings. The number of rotatable bonds is 4. The van der Waals surface area contributed by atoms with E-state index in [1.54, 1.807) is 0 Å². The zero-order chi connectivity index (χ0) is 21.9. The van der Waals surface area contributed by atoms with E-state index in [1.165, 1.54) is 0 Å². The second-order valence-corrected chi connectivity index (χ2v) is 8.45. The number of benzene rings is 5. The fourth-order valence-electron chi connectivity index (χ4n) is 4.13. The molecule has 0 amide bonds. The van der Waals surface area contributed by atoms with E-state index < -0.39 is 0 Å². The summed E-state index contributed by atoms with van der Waals surface area (Å²) < 4.78 is 0. The van der Waals surface area contributed by atoms with Crippen LogP contribution >= 0.6 is 23.2 Å². The molecule has 0 fully saturated rings. The molecule has 0 atom stereocenters. The molecule has 5 aromatic carbocycles. The van der Waals surface area contributed by atoms with E-state index in [0.717, 1.165) is 44.5 Å². The molecule has 0 radical (unpaired) electrons. The van der Waals surface area contributed by atoms with Crippen LogP contribution in [-0.4, -0.2) is 0 Å². The highest BCUT2D eigenvalue weighted by molar-refractivity contribution is 6.37. The molecule has 32 heavy (non-hydrogen) atoms. The van der Waals surface area contributed by atoms with Crippen molar-refractivity contribution < 1.29 is 0 Å². The van der Waals surface area contributed by atoms with Crippen molar-refractivity contribution in [2.75, 3.05) is 0 Å². The van der Waals surface area contributed by atoms with Crippen molar-refractivity contribution in [3.05, 3.63) is 131 Å². The first-order valence-corrected chi connectivity index (χ1v) is 11.3. The first kappa shape index (κ1) is 20.6. The second kappa shape index (κ2) is 9.04. The molecular weight excluding hydrogens is 431 g/mol. The molecule has 0 aliphatic rings. The Balaban J connectivity index is 1.65. The highest BCUT2D eigenvalue weighted by atomic mass is 35.5. The zero-order valence-corrected chi connectivity index (χ0v) is 18.8. The summed E-state index contributed by atoms with van der Waals surface area (Å²) in [6, 6.07) is 41.2. The minimum absolute atomic E-state index is 0.677. The molecule has 0 aliphatic heterocycles. The molecule has 2 heteroatoms. The average Bonchev–Trinajstić information content (AvgIpc) is 2.86. The summed E-state index contributed by atoms with van der Waals surface area (Å²) in [7, 11) is 0. The van der Waals surface area contributed by atoms with Crippen LogP contribution in [0, 0.1) is 0 Å². The van der Waals surface area contributed by atoms with E-state index in [-0.39, 0.29) is 0 Å². The fraction of sp³-hybridized carbons (Fsp3) is 0. The summed E-state index contributed by atoms with van der Waals surface area (Å²) in [5.41, 5.74) is 8.53. The summed E-state index contributed by atoms with van der Waals surface area (Å²) in [6.45, 7) is 0. The Morgan fingerprint density at radius 2 is 0.625 bits per heavy atom. The quantitative estimate of drug-likeness (QED) is 0.255. The largest absolute Gasteiger partial charge is 0.0836 e. The van der Waals surface area contributed by atoms with E-state index in [1.807, 2.05) is 72.8 Å². The molecule has 154 valence electrons. The highest BCUT2D eigenvalue weighted by Gasteiger charge is 2.16. The van der Waals surface area contributed by atoms with Gasteiger partial charge in [0.1, 0.15) is 0 Å². The van der Waals surface area contributed by atoms with Crippen LogP contribution in [0.2, 0.25) is 10.0 Å². The van der Waals surface area contributed by atoms with Gasteiger partial charge >= 0.3 is 0 Å². The van der Waals surface area contributed by atoms with Gasteiger partial charge in [-0.05, 0) is 45.5 Å². The third-order valence-electron chi connectivity index (χ3n) is 5.66. The molecule has 5 rings (SSSR count). The van der Waals surface area contributed by atoms with Gasteiger partial charge in [0.05, 0.1) is 0 Å². The number of hydrogen-bond acceptors (Lipinski definition) is 0. The Kier molecular flexibility index (Phi) is 5.81. The minimum atomic E-state index is 0.677. The molecule has 0 aromatic heterocycles. The lowest BCUT2D eigenvalue weighted by atomic mass is 9.91. The topological polar surface area (TPSA) is 0 Å². The molecule has 0 saturated heterocycles. The monoisotopic (exact) mass is 450 g/mol. The van der Waals surface area contributed by atoms with E-state index >= 15 is 0 Å². The third-order valence-corrected chi connectivity index (χ3v) is 6.29. The molecule has 0 bridgehead atoms. The van der Waals surface area contributed by atoms with E-state index in [9.17, 15) is 0 Å². The van der Waals surface area contributed by atoms with E-state index in [0.29, 0.717) is 10.0 Å². The van der Waals surface area contributed by atoms with Crippen molar-refractivity contribution in [1.29, 1.82) is 0 Å². The second-order valence-electron chi connectivity index (χ2n) is 7.64. The van der Waals surface area contributed by atoms with Crippen molar-refractivity contribution in [3.63, 3.8) is 0 Å². The molecule has 0 N–H and O–H groups in total. The third kappa shape index (κ3) is 3.96. The maximum atomic E-state index is 6.88. The Morgan fingerprint density at radius 3 is 1.00 bits per heavy atom. The van der Waals surface area contributed by atoms with Gasteiger partial charge in [0.25, 0.3) is 0 Å². The van der Waals surface area contributed by atoms with Crippen LogP contribution in [0.3, 0.4) is 0 Å². The number of hydrogen-bond donors (Lipinski definition) is 0. The van der Waals surface area contributed by atoms with Crippen molar-refractivity contribution >= 4 is 23.2 Å². The fourth-order valence-corrected chi connectivity index (χ4v) is 4.67. The van der Waals surface area contributed by atoms with Crippen molar-refractivity contribution in [1.82, 2.24) is 0 Å². The predicted octanol–water partition coefficient (Wildman–Crippen LogP) is 9.66. The molecule has 0 unspecified atom stereocenters. The number of halogens is 2. The lowest BCUT2D eigenvalue weighted by Gasteiger charge is -2.16. The standard InChI is InChI=1S/C30H20Cl2/c31-29-20-28(26-18-10-8-16-24(26)22-13-5-2-6-14-22)30(32)19-27(29)25-17-9-7-15-23(25)21-11-3-1-4-12-21/h1-20H. The van der Waals surface area contributed by atoms with Gasteiger partial charge in [-0.3, -0.25) is 0 Å². The normalized spacial score (nSPS) is 10.8. The molecular formula is C30H20Cl2. The van der Waals surface area contributed by atoms with Gasteiger partial charge in [-0.15, -0.1) is 0 Å². The molecule has 0 aliphatic carbocycles. The van der Waals surface area contributed by atoms with Crippen LogP contribution in [0.4, 0.5) is 0 Å². The molecule has 0 heterocycles. The van der Waals surface area contributed by atoms with Crippen LogP contribution in [0.5, 0.6) is 0 Å². The van der Waals surface area contributed by atoms with Crippen LogP contribution in [-0.2, 0) is 0 Å². The highest BCUT2D eigenvalue weighted by Crippen LogP contribution is 2.43. The molecule has 0 nitrogen and oxygen atoms in total. The smallest absolute Gasteiger partial charge is 0.0491 e. The molecule has 0 spiro atoms. The first-order chi connectivity index (χ1) is 15.7. The summed E-state index contributed by atoms with van der Waals surface area (Å²) in [5.74, 6) is 0. The lowest BCUT2D eigenvalue weighted by Crippen LogP contribution is -1.90. The summed E-state index contributed by atoms with van der Waals surface area (Å²) in [6.07, 6.45) is 0. The Labute approximate surface area is 198 Å². The summed E-state index contributed by atoms with van der Waals surface area (Å²) >= 11 is 13.8. The van der Waals surface area contributed by atoms with Crippen LogP contribution in [0.25, 0.3) is 44.5 Å². The van der Waals surface area contributed by atoms with Crippen LogP contribution in [0.1, 0.15) is 0 Å². The first-order valence-electron chi connectivity index (χ1n) is 10.5. The van der Waals surface area contributed by atoms with Gasteiger partial charge in [-0.25, -0.2) is 0 Å². The van der Waals surface area contributed by atoms with Crippen LogP contribution in [0.15, 0.2) is 121 Å². The minimum Gasteiger partial charge on any atom is -0.0836 e. The Hall–Kier alpha value is -3.32. The van der Waals surface area contributed by atoms with Crippen molar-refractivity contribution in [2.45, 2.75) is 0 Å². The van der Waals surface area contributed by atoms with Gasteiger partial charge in [-0.1, -0.05) is 132 Å². The van der Waals surface area contributed by atoms with Crippen molar-refractivity contribution in [2.24, 2.45) is 0 Å². The van der Waals surface area contributed by atoms with Gasteiger partial charge in [0.15, 0.2) is 0 Å². The molecule has 0 saturated carbocycles. The van der Waals surface area contributed by atoms with Crippen LogP contribution < -0.4 is 0 Å².